The highest BCUT2D eigenvalue weighted by Crippen LogP contribution is 2.22. The first kappa shape index (κ1) is 21.8. The summed E-state index contributed by atoms with van der Waals surface area (Å²) >= 11 is 5.80. The van der Waals surface area contributed by atoms with Crippen molar-refractivity contribution in [2.24, 2.45) is 7.05 Å². The predicted molar refractivity (Wildman–Crippen MR) is 131 cm³/mol. The fourth-order valence-corrected chi connectivity index (χ4v) is 3.68. The largest absolute Gasteiger partial charge is 0.424 e. The molecule has 0 radical (unpaired) electrons. The Morgan fingerprint density at radius 2 is 1.65 bits per heavy atom. The summed E-state index contributed by atoms with van der Waals surface area (Å²) in [6.45, 7) is 0.632. The van der Waals surface area contributed by atoms with Crippen LogP contribution in [0.5, 0.6) is 11.8 Å². The van der Waals surface area contributed by atoms with Crippen molar-refractivity contribution in [2.45, 2.75) is 19.4 Å². The second kappa shape index (κ2) is 9.84. The van der Waals surface area contributed by atoms with Crippen molar-refractivity contribution >= 4 is 28.6 Å². The summed E-state index contributed by atoms with van der Waals surface area (Å²) in [7, 11) is 2.02. The summed E-state index contributed by atoms with van der Waals surface area (Å²) in [4.78, 5) is 21.4. The number of rotatable bonds is 8. The van der Waals surface area contributed by atoms with Gasteiger partial charge in [0, 0.05) is 32.4 Å². The minimum absolute atomic E-state index is 0.255. The van der Waals surface area contributed by atoms with Gasteiger partial charge in [0.15, 0.2) is 0 Å². The molecule has 0 atom stereocenters. The number of nitrogens with zero attached hydrogens (tertiary/aromatic N) is 6. The van der Waals surface area contributed by atoms with E-state index in [1.807, 2.05) is 37.4 Å². The minimum atomic E-state index is 0.255. The lowest BCUT2D eigenvalue weighted by atomic mass is 10.1. The van der Waals surface area contributed by atoms with E-state index < -0.39 is 0 Å². The second-order valence-electron chi connectivity index (χ2n) is 7.77. The van der Waals surface area contributed by atoms with E-state index in [1.54, 1.807) is 12.4 Å². The van der Waals surface area contributed by atoms with Gasteiger partial charge < -0.3 is 14.6 Å². The van der Waals surface area contributed by atoms with E-state index in [2.05, 4.69) is 48.0 Å². The van der Waals surface area contributed by atoms with Crippen LogP contribution in [0.1, 0.15) is 17.0 Å². The lowest BCUT2D eigenvalue weighted by Gasteiger charge is -2.08. The number of nitrogens with one attached hydrogen (secondary N) is 1. The zero-order valence-corrected chi connectivity index (χ0v) is 19.3. The molecule has 0 aliphatic rings. The van der Waals surface area contributed by atoms with E-state index in [1.165, 1.54) is 18.0 Å². The van der Waals surface area contributed by atoms with Crippen molar-refractivity contribution in [3.05, 3.63) is 95.3 Å². The lowest BCUT2D eigenvalue weighted by Crippen LogP contribution is -2.05. The van der Waals surface area contributed by atoms with E-state index in [-0.39, 0.29) is 6.01 Å². The molecule has 0 bridgehead atoms. The van der Waals surface area contributed by atoms with Gasteiger partial charge in [0.2, 0.25) is 5.95 Å². The molecule has 170 valence electrons. The van der Waals surface area contributed by atoms with Gasteiger partial charge in [0.25, 0.3) is 0 Å². The summed E-state index contributed by atoms with van der Waals surface area (Å²) in [6, 6.07) is 16.2. The molecule has 5 rings (SSSR count). The van der Waals surface area contributed by atoms with Crippen LogP contribution in [0.3, 0.4) is 0 Å². The average molecular weight is 472 g/mol. The van der Waals surface area contributed by atoms with Gasteiger partial charge in [-0.05, 0) is 47.9 Å². The van der Waals surface area contributed by atoms with Crippen LogP contribution in [0.25, 0.3) is 11.0 Å². The van der Waals surface area contributed by atoms with Crippen molar-refractivity contribution in [3.63, 3.8) is 0 Å². The first-order chi connectivity index (χ1) is 16.6. The average Bonchev–Trinajstić information content (AvgIpc) is 3.19. The van der Waals surface area contributed by atoms with Gasteiger partial charge in [-0.25, -0.2) is 24.9 Å². The summed E-state index contributed by atoms with van der Waals surface area (Å²) < 4.78 is 7.72. The quantitative estimate of drug-likeness (QED) is 0.340. The molecule has 3 heterocycles. The summed E-state index contributed by atoms with van der Waals surface area (Å²) in [5, 5.41) is 3.89. The van der Waals surface area contributed by atoms with Gasteiger partial charge in [0.05, 0.1) is 28.4 Å². The van der Waals surface area contributed by atoms with E-state index in [9.17, 15) is 0 Å². The van der Waals surface area contributed by atoms with Crippen LogP contribution < -0.4 is 10.1 Å². The maximum Gasteiger partial charge on any atom is 0.321 e. The third kappa shape index (κ3) is 5.13. The molecule has 0 saturated heterocycles. The van der Waals surface area contributed by atoms with E-state index in [0.29, 0.717) is 17.3 Å². The minimum Gasteiger partial charge on any atom is -0.424 e. The number of hydrogen-bond acceptors (Lipinski definition) is 7. The molecular formula is C25H22ClN7O. The van der Waals surface area contributed by atoms with Gasteiger partial charge in [-0.15, -0.1) is 0 Å². The number of ether oxygens (including phenoxy) is 1. The highest BCUT2D eigenvalue weighted by Gasteiger charge is 2.09. The van der Waals surface area contributed by atoms with Gasteiger partial charge in [0.1, 0.15) is 11.6 Å². The smallest absolute Gasteiger partial charge is 0.321 e. The van der Waals surface area contributed by atoms with Gasteiger partial charge >= 0.3 is 6.01 Å². The monoisotopic (exact) mass is 471 g/mol. The molecule has 9 heteroatoms. The van der Waals surface area contributed by atoms with Crippen molar-refractivity contribution < 1.29 is 4.74 Å². The number of anilines is 1. The molecule has 3 aromatic heterocycles. The SMILES string of the molecule is Cn1c(NCc2ccc(Oc3ncc(Cl)cn3)cc2)nc2ccc(CCc3ncccn3)cc21. The molecule has 8 nitrogen and oxygen atoms in total. The van der Waals surface area contributed by atoms with Crippen LogP contribution in [-0.2, 0) is 26.4 Å². The standard InChI is InChI=1S/C25H22ClN7O/c1-33-22-13-17(6-10-23-27-11-2-12-28-23)5-9-21(22)32-24(33)29-14-18-3-7-20(8-4-18)34-25-30-15-19(26)16-31-25/h2-5,7-9,11-13,15-16H,6,10,14H2,1H3,(H,29,32). The highest BCUT2D eigenvalue weighted by molar-refractivity contribution is 6.30. The highest BCUT2D eigenvalue weighted by atomic mass is 35.5. The zero-order chi connectivity index (χ0) is 23.3. The summed E-state index contributed by atoms with van der Waals surface area (Å²) in [5.41, 5.74) is 4.37. The molecule has 1 N–H and O–H groups in total. The molecule has 34 heavy (non-hydrogen) atoms. The summed E-state index contributed by atoms with van der Waals surface area (Å²) in [5.74, 6) is 2.32. The van der Waals surface area contributed by atoms with Gasteiger partial charge in [-0.2, -0.15) is 0 Å². The number of imidazole rings is 1. The second-order valence-corrected chi connectivity index (χ2v) is 8.20. The molecular weight excluding hydrogens is 450 g/mol. The Bertz CT molecular complexity index is 1390. The molecule has 0 aliphatic heterocycles. The third-order valence-corrected chi connectivity index (χ3v) is 5.58. The Morgan fingerprint density at radius 3 is 2.41 bits per heavy atom. The van der Waals surface area contributed by atoms with Crippen LogP contribution >= 0.6 is 11.6 Å². The molecule has 5 aromatic rings. The number of benzene rings is 2. The molecule has 0 fully saturated rings. The number of aromatic nitrogens is 6. The fourth-order valence-electron chi connectivity index (χ4n) is 3.58. The number of hydrogen-bond donors (Lipinski definition) is 1. The number of halogens is 1. The van der Waals surface area contributed by atoms with Crippen LogP contribution in [0.15, 0.2) is 73.3 Å². The van der Waals surface area contributed by atoms with Gasteiger partial charge in [-0.1, -0.05) is 29.8 Å². The fraction of sp³-hybridized carbons (Fsp3) is 0.160. The zero-order valence-electron chi connectivity index (χ0n) is 18.5. The van der Waals surface area contributed by atoms with Crippen LogP contribution in [-0.4, -0.2) is 29.5 Å². The Kier molecular flexibility index (Phi) is 6.31. The maximum atomic E-state index is 5.80. The van der Waals surface area contributed by atoms with E-state index in [0.717, 1.165) is 41.2 Å². The molecule has 0 spiro atoms. The van der Waals surface area contributed by atoms with E-state index in [4.69, 9.17) is 21.3 Å². The van der Waals surface area contributed by atoms with Gasteiger partial charge in [-0.3, -0.25) is 0 Å². The Labute approximate surface area is 201 Å². The lowest BCUT2D eigenvalue weighted by molar-refractivity contribution is 0.441. The predicted octanol–water partition coefficient (Wildman–Crippen LogP) is 5.00. The first-order valence-electron chi connectivity index (χ1n) is 10.8. The first-order valence-corrected chi connectivity index (χ1v) is 11.2. The van der Waals surface area contributed by atoms with Crippen LogP contribution in [0, 0.1) is 0 Å². The number of fused-ring (bicyclic) bond motifs is 1. The summed E-state index contributed by atoms with van der Waals surface area (Å²) in [6.07, 6.45) is 8.24. The molecule has 0 saturated carbocycles. The van der Waals surface area contributed by atoms with E-state index >= 15 is 0 Å². The van der Waals surface area contributed by atoms with Crippen molar-refractivity contribution in [1.82, 2.24) is 29.5 Å². The number of aryl methyl sites for hydroxylation is 3. The van der Waals surface area contributed by atoms with Crippen molar-refractivity contribution in [2.75, 3.05) is 5.32 Å². The molecule has 0 unspecified atom stereocenters. The van der Waals surface area contributed by atoms with Crippen LogP contribution in [0.2, 0.25) is 5.02 Å². The Balaban J connectivity index is 1.22. The van der Waals surface area contributed by atoms with Crippen molar-refractivity contribution in [1.29, 1.82) is 0 Å². The molecule has 0 aliphatic carbocycles. The molecule has 2 aromatic carbocycles. The topological polar surface area (TPSA) is 90.6 Å². The molecule has 0 amide bonds. The Hall–Kier alpha value is -4.04. The Morgan fingerprint density at radius 1 is 0.912 bits per heavy atom. The van der Waals surface area contributed by atoms with Crippen LogP contribution in [0.4, 0.5) is 5.95 Å². The third-order valence-electron chi connectivity index (χ3n) is 5.38. The van der Waals surface area contributed by atoms with Crippen molar-refractivity contribution in [3.8, 4) is 11.8 Å². The maximum absolute atomic E-state index is 5.80. The normalized spacial score (nSPS) is 11.0.